The van der Waals surface area contributed by atoms with Gasteiger partial charge in [-0.2, -0.15) is 0 Å². The number of aromatic nitrogens is 2. The quantitative estimate of drug-likeness (QED) is 0.166. The Morgan fingerprint density at radius 1 is 0.606 bits per heavy atom. The fourth-order valence-corrected chi connectivity index (χ4v) is 3.46. The van der Waals surface area contributed by atoms with Crippen molar-refractivity contribution in [2.24, 2.45) is 0 Å². The van der Waals surface area contributed by atoms with Crippen LogP contribution in [0.1, 0.15) is 0 Å². The Labute approximate surface area is 208 Å². The van der Waals surface area contributed by atoms with Crippen molar-refractivity contribution in [2.45, 2.75) is 0 Å². The van der Waals surface area contributed by atoms with Crippen LogP contribution in [0.15, 0.2) is 114 Å². The first kappa shape index (κ1) is 24.1. The summed E-state index contributed by atoms with van der Waals surface area (Å²) in [6.45, 7) is 0. The summed E-state index contributed by atoms with van der Waals surface area (Å²) in [5.74, 6) is 0. The van der Waals surface area contributed by atoms with Gasteiger partial charge in [0.1, 0.15) is 11.2 Å². The van der Waals surface area contributed by atoms with Crippen molar-refractivity contribution in [3.63, 3.8) is 0 Å². The predicted molar refractivity (Wildman–Crippen MR) is 130 cm³/mol. The Balaban J connectivity index is 0.000000192. The second-order valence-electron chi connectivity index (χ2n) is 6.90. The SMILES string of the molecule is [B].[Ir].[c-]1ccccc1-c1ccccn1.[c-]1ccccc1-c1nccc2c1oc1ccccc12. The average molecular weight is 601 g/mol. The third kappa shape index (κ3) is 5.28. The zero-order chi connectivity index (χ0) is 20.9. The summed E-state index contributed by atoms with van der Waals surface area (Å²) in [4.78, 5) is 8.67. The van der Waals surface area contributed by atoms with Crippen LogP contribution in [-0.2, 0) is 20.1 Å². The number of hydrogen-bond donors (Lipinski definition) is 0. The number of para-hydroxylation sites is 1. The molecule has 0 N–H and O–H groups in total. The van der Waals surface area contributed by atoms with Crippen molar-refractivity contribution in [1.29, 1.82) is 0 Å². The summed E-state index contributed by atoms with van der Waals surface area (Å²) in [5, 5.41) is 2.22. The third-order valence-corrected chi connectivity index (χ3v) is 4.91. The van der Waals surface area contributed by atoms with Crippen molar-refractivity contribution in [1.82, 2.24) is 9.97 Å². The van der Waals surface area contributed by atoms with Gasteiger partial charge in [-0.15, -0.1) is 71.8 Å². The van der Waals surface area contributed by atoms with E-state index in [1.165, 1.54) is 0 Å². The molecule has 3 heterocycles. The van der Waals surface area contributed by atoms with E-state index in [0.717, 1.165) is 44.5 Å². The Bertz CT molecular complexity index is 1380. The fourth-order valence-electron chi connectivity index (χ4n) is 3.46. The van der Waals surface area contributed by atoms with Gasteiger partial charge in [0.15, 0.2) is 0 Å². The van der Waals surface area contributed by atoms with Gasteiger partial charge in [0.05, 0.1) is 0 Å². The smallest absolute Gasteiger partial charge is 0.134 e. The van der Waals surface area contributed by atoms with Gasteiger partial charge in [0.2, 0.25) is 0 Å². The molecule has 0 amide bonds. The molecule has 0 atom stereocenters. The topological polar surface area (TPSA) is 38.9 Å². The molecular formula is C28H18BIrN2O-2. The molecule has 3 nitrogen and oxygen atoms in total. The molecular weight excluding hydrogens is 583 g/mol. The molecule has 0 saturated carbocycles. The van der Waals surface area contributed by atoms with Gasteiger partial charge < -0.3 is 14.4 Å². The molecule has 3 aromatic carbocycles. The van der Waals surface area contributed by atoms with Crippen molar-refractivity contribution in [2.75, 3.05) is 0 Å². The van der Waals surface area contributed by atoms with Crippen LogP contribution in [0.4, 0.5) is 0 Å². The van der Waals surface area contributed by atoms with Crippen molar-refractivity contribution in [3.05, 3.63) is 122 Å². The molecule has 0 aliphatic heterocycles. The molecule has 5 heteroatoms. The minimum absolute atomic E-state index is 0. The normalized spacial score (nSPS) is 9.94. The fraction of sp³-hybridized carbons (Fsp3) is 0. The summed E-state index contributed by atoms with van der Waals surface area (Å²) in [6.07, 6.45) is 3.61. The van der Waals surface area contributed by atoms with E-state index in [1.807, 2.05) is 97.2 Å². The molecule has 0 unspecified atom stereocenters. The van der Waals surface area contributed by atoms with E-state index in [2.05, 4.69) is 28.2 Å². The van der Waals surface area contributed by atoms with E-state index in [-0.39, 0.29) is 28.5 Å². The molecule has 160 valence electrons. The molecule has 6 aromatic rings. The first-order chi connectivity index (χ1) is 15.4. The number of nitrogens with zero attached hydrogens (tertiary/aromatic N) is 2. The third-order valence-electron chi connectivity index (χ3n) is 4.91. The Morgan fingerprint density at radius 3 is 2.00 bits per heavy atom. The van der Waals surface area contributed by atoms with Crippen LogP contribution in [0.2, 0.25) is 0 Å². The first-order valence-electron chi connectivity index (χ1n) is 10.0. The van der Waals surface area contributed by atoms with E-state index in [1.54, 1.807) is 6.20 Å². The molecule has 33 heavy (non-hydrogen) atoms. The molecule has 0 saturated heterocycles. The number of fused-ring (bicyclic) bond motifs is 3. The summed E-state index contributed by atoms with van der Waals surface area (Å²) in [7, 11) is 0. The number of hydrogen-bond acceptors (Lipinski definition) is 3. The van der Waals surface area contributed by atoms with Crippen LogP contribution in [0.3, 0.4) is 0 Å². The minimum Gasteiger partial charge on any atom is -0.464 e. The van der Waals surface area contributed by atoms with E-state index in [0.29, 0.717) is 0 Å². The molecule has 0 bridgehead atoms. The van der Waals surface area contributed by atoms with E-state index >= 15 is 0 Å². The van der Waals surface area contributed by atoms with Gasteiger partial charge in [0.25, 0.3) is 0 Å². The Hall–Kier alpha value is -3.53. The van der Waals surface area contributed by atoms with Crippen LogP contribution in [0.5, 0.6) is 0 Å². The molecule has 0 spiro atoms. The Morgan fingerprint density at radius 2 is 1.30 bits per heavy atom. The number of rotatable bonds is 2. The summed E-state index contributed by atoms with van der Waals surface area (Å²) >= 11 is 0. The van der Waals surface area contributed by atoms with Crippen LogP contribution < -0.4 is 0 Å². The first-order valence-corrected chi connectivity index (χ1v) is 10.0. The zero-order valence-corrected chi connectivity index (χ0v) is 20.0. The van der Waals surface area contributed by atoms with Crippen LogP contribution in [0.25, 0.3) is 44.5 Å². The van der Waals surface area contributed by atoms with Crippen LogP contribution in [0, 0.1) is 12.1 Å². The van der Waals surface area contributed by atoms with Gasteiger partial charge in [0, 0.05) is 57.4 Å². The van der Waals surface area contributed by atoms with E-state index in [9.17, 15) is 0 Å². The maximum atomic E-state index is 5.96. The Kier molecular flexibility index (Phi) is 8.31. The maximum Gasteiger partial charge on any atom is 0.134 e. The standard InChI is InChI=1S/C17H10NO.C11H8N.B.Ir/c1-2-6-12(7-3-1)16-17-14(10-11-18-16)13-8-4-5-9-15(13)19-17;1-2-6-10(7-3-1)11-8-4-5-9-12-11;;/h1-6,8-11H;1-6,8-9H;;/q2*-1;;. The molecule has 4 radical (unpaired) electrons. The summed E-state index contributed by atoms with van der Waals surface area (Å²) in [6, 6.07) is 37.9. The predicted octanol–water partition coefficient (Wildman–Crippen LogP) is 6.61. The molecule has 3 aromatic heterocycles. The zero-order valence-electron chi connectivity index (χ0n) is 17.6. The van der Waals surface area contributed by atoms with Crippen molar-refractivity contribution >= 4 is 30.4 Å². The van der Waals surface area contributed by atoms with Gasteiger partial charge in [-0.05, 0) is 23.9 Å². The number of furan rings is 1. The van der Waals surface area contributed by atoms with Crippen molar-refractivity contribution < 1.29 is 24.5 Å². The van der Waals surface area contributed by atoms with Crippen LogP contribution in [-0.4, -0.2) is 18.4 Å². The molecule has 0 aliphatic carbocycles. The van der Waals surface area contributed by atoms with Gasteiger partial charge in [-0.25, -0.2) is 0 Å². The number of pyridine rings is 2. The largest absolute Gasteiger partial charge is 0.464 e. The molecule has 0 fully saturated rings. The summed E-state index contributed by atoms with van der Waals surface area (Å²) < 4.78 is 5.96. The van der Waals surface area contributed by atoms with Gasteiger partial charge >= 0.3 is 0 Å². The molecule has 6 rings (SSSR count). The average Bonchev–Trinajstić information content (AvgIpc) is 3.25. The second kappa shape index (κ2) is 11.4. The van der Waals surface area contributed by atoms with Gasteiger partial charge in [-0.3, -0.25) is 0 Å². The van der Waals surface area contributed by atoms with E-state index in [4.69, 9.17) is 4.42 Å². The molecule has 0 aliphatic rings. The monoisotopic (exact) mass is 602 g/mol. The van der Waals surface area contributed by atoms with Gasteiger partial charge in [-0.1, -0.05) is 30.3 Å². The van der Waals surface area contributed by atoms with E-state index < -0.39 is 0 Å². The number of benzene rings is 3. The maximum absolute atomic E-state index is 5.96. The van der Waals surface area contributed by atoms with Crippen molar-refractivity contribution in [3.8, 4) is 22.5 Å². The second-order valence-corrected chi connectivity index (χ2v) is 6.90. The summed E-state index contributed by atoms with van der Waals surface area (Å²) in [5.41, 5.74) is 5.52. The van der Waals surface area contributed by atoms with Crippen LogP contribution >= 0.6 is 0 Å². The minimum atomic E-state index is 0.